The lowest BCUT2D eigenvalue weighted by Gasteiger charge is -2.04. The summed E-state index contributed by atoms with van der Waals surface area (Å²) in [4.78, 5) is 0. The van der Waals surface area contributed by atoms with Crippen molar-refractivity contribution >= 4 is 23.4 Å². The molecule has 0 aliphatic heterocycles. The molecule has 0 spiro atoms. The van der Waals surface area contributed by atoms with Crippen molar-refractivity contribution in [2.75, 3.05) is 6.61 Å². The molecule has 1 aromatic rings. The number of aromatic nitrogens is 2. The first kappa shape index (κ1) is 9.77. The van der Waals surface area contributed by atoms with E-state index in [2.05, 4.69) is 10.2 Å². The number of rotatable bonds is 3. The molecule has 0 amide bonds. The lowest BCUT2D eigenvalue weighted by atomic mass is 10.5. The van der Waals surface area contributed by atoms with Crippen molar-refractivity contribution in [3.05, 3.63) is 17.3 Å². The van der Waals surface area contributed by atoms with Gasteiger partial charge in [0.25, 0.3) is 0 Å². The Balaban J connectivity index is 2.58. The summed E-state index contributed by atoms with van der Waals surface area (Å²) in [6, 6.07) is 3.47. The van der Waals surface area contributed by atoms with Crippen LogP contribution in [0.4, 0.5) is 0 Å². The molecule has 1 atom stereocenters. The van der Waals surface area contributed by atoms with E-state index >= 15 is 0 Å². The standard InChI is InChI=1S/C7H9ClN2OS/c1-5(4-11)12-7-3-2-6(8)9-10-7/h2-3,5,11H,4H2,1H3. The second-order valence-electron chi connectivity index (χ2n) is 2.31. The van der Waals surface area contributed by atoms with E-state index in [1.165, 1.54) is 11.8 Å². The Morgan fingerprint density at radius 1 is 1.58 bits per heavy atom. The van der Waals surface area contributed by atoms with E-state index < -0.39 is 0 Å². The maximum atomic E-state index is 8.76. The highest BCUT2D eigenvalue weighted by Gasteiger charge is 2.03. The summed E-state index contributed by atoms with van der Waals surface area (Å²) in [6.45, 7) is 2.05. The van der Waals surface area contributed by atoms with E-state index in [1.54, 1.807) is 12.1 Å². The van der Waals surface area contributed by atoms with Crippen molar-refractivity contribution in [3.8, 4) is 0 Å². The van der Waals surface area contributed by atoms with Gasteiger partial charge in [0.2, 0.25) is 0 Å². The molecule has 0 radical (unpaired) electrons. The molecule has 0 bridgehead atoms. The minimum atomic E-state index is 0.134. The van der Waals surface area contributed by atoms with Crippen LogP contribution in [-0.4, -0.2) is 27.2 Å². The van der Waals surface area contributed by atoms with Crippen LogP contribution in [0.3, 0.4) is 0 Å². The molecule has 66 valence electrons. The molecular weight excluding hydrogens is 196 g/mol. The third-order valence-corrected chi connectivity index (χ3v) is 2.40. The van der Waals surface area contributed by atoms with Crippen molar-refractivity contribution in [2.24, 2.45) is 0 Å². The zero-order valence-electron chi connectivity index (χ0n) is 6.57. The van der Waals surface area contributed by atoms with Crippen molar-refractivity contribution < 1.29 is 5.11 Å². The monoisotopic (exact) mass is 204 g/mol. The molecule has 0 aliphatic carbocycles. The van der Waals surface area contributed by atoms with E-state index in [1.807, 2.05) is 6.92 Å². The fourth-order valence-electron chi connectivity index (χ4n) is 0.610. The van der Waals surface area contributed by atoms with Crippen molar-refractivity contribution in [3.63, 3.8) is 0 Å². The summed E-state index contributed by atoms with van der Waals surface area (Å²) in [5.41, 5.74) is 0. The maximum Gasteiger partial charge on any atom is 0.151 e. The lowest BCUT2D eigenvalue weighted by molar-refractivity contribution is 0.300. The van der Waals surface area contributed by atoms with Crippen LogP contribution in [0.25, 0.3) is 0 Å². The van der Waals surface area contributed by atoms with Crippen molar-refractivity contribution in [1.29, 1.82) is 0 Å². The van der Waals surface area contributed by atoms with Crippen LogP contribution in [0, 0.1) is 0 Å². The van der Waals surface area contributed by atoms with Crippen LogP contribution in [0.2, 0.25) is 5.15 Å². The zero-order valence-corrected chi connectivity index (χ0v) is 8.14. The molecule has 1 unspecified atom stereocenters. The van der Waals surface area contributed by atoms with Gasteiger partial charge >= 0.3 is 0 Å². The second-order valence-corrected chi connectivity index (χ2v) is 4.15. The molecule has 5 heteroatoms. The number of aliphatic hydroxyl groups excluding tert-OH is 1. The van der Waals surface area contributed by atoms with Crippen molar-refractivity contribution in [1.82, 2.24) is 10.2 Å². The molecule has 1 N–H and O–H groups in total. The van der Waals surface area contributed by atoms with Gasteiger partial charge in [-0.05, 0) is 12.1 Å². The summed E-state index contributed by atoms with van der Waals surface area (Å²) in [5.74, 6) is 0. The van der Waals surface area contributed by atoms with Gasteiger partial charge in [0, 0.05) is 5.25 Å². The Morgan fingerprint density at radius 2 is 2.33 bits per heavy atom. The first-order valence-electron chi connectivity index (χ1n) is 3.49. The maximum absolute atomic E-state index is 8.76. The van der Waals surface area contributed by atoms with Crippen molar-refractivity contribution in [2.45, 2.75) is 17.2 Å². The fraction of sp³-hybridized carbons (Fsp3) is 0.429. The Kier molecular flexibility index (Phi) is 3.78. The molecule has 0 aliphatic rings. The van der Waals surface area contributed by atoms with E-state index in [0.29, 0.717) is 5.15 Å². The quantitative estimate of drug-likeness (QED) is 0.760. The number of hydrogen-bond acceptors (Lipinski definition) is 4. The van der Waals surface area contributed by atoms with Gasteiger partial charge in [-0.1, -0.05) is 30.3 Å². The number of halogens is 1. The van der Waals surface area contributed by atoms with E-state index in [0.717, 1.165) is 5.03 Å². The Bertz CT molecular complexity index is 242. The first-order valence-corrected chi connectivity index (χ1v) is 4.75. The fourth-order valence-corrected chi connectivity index (χ4v) is 1.43. The Hall–Kier alpha value is -0.320. The number of hydrogen-bond donors (Lipinski definition) is 1. The lowest BCUT2D eigenvalue weighted by Crippen LogP contribution is -2.02. The average Bonchev–Trinajstić information content (AvgIpc) is 2.09. The predicted octanol–water partition coefficient (Wildman–Crippen LogP) is 1.60. The van der Waals surface area contributed by atoms with Gasteiger partial charge in [0.15, 0.2) is 5.15 Å². The summed E-state index contributed by atoms with van der Waals surface area (Å²) in [7, 11) is 0. The van der Waals surface area contributed by atoms with Gasteiger partial charge in [-0.25, -0.2) is 0 Å². The van der Waals surface area contributed by atoms with E-state index in [-0.39, 0.29) is 11.9 Å². The zero-order chi connectivity index (χ0) is 8.97. The molecule has 0 aromatic carbocycles. The summed E-state index contributed by atoms with van der Waals surface area (Å²) < 4.78 is 0. The SMILES string of the molecule is CC(CO)Sc1ccc(Cl)nn1. The van der Waals surface area contributed by atoms with E-state index in [4.69, 9.17) is 16.7 Å². The van der Waals surface area contributed by atoms with Crippen LogP contribution in [-0.2, 0) is 0 Å². The van der Waals surface area contributed by atoms with Crippen LogP contribution in [0.1, 0.15) is 6.92 Å². The Labute approximate surface area is 80.2 Å². The van der Waals surface area contributed by atoms with Gasteiger partial charge < -0.3 is 5.11 Å². The molecule has 12 heavy (non-hydrogen) atoms. The summed E-state index contributed by atoms with van der Waals surface area (Å²) in [5, 5.41) is 17.6. The van der Waals surface area contributed by atoms with Crippen LogP contribution < -0.4 is 0 Å². The normalized spacial score (nSPS) is 12.9. The van der Waals surface area contributed by atoms with Crippen LogP contribution >= 0.6 is 23.4 Å². The molecule has 0 fully saturated rings. The minimum absolute atomic E-state index is 0.134. The average molecular weight is 205 g/mol. The van der Waals surface area contributed by atoms with E-state index in [9.17, 15) is 0 Å². The number of aliphatic hydroxyl groups is 1. The summed E-state index contributed by atoms with van der Waals surface area (Å²) >= 11 is 7.02. The van der Waals surface area contributed by atoms with Gasteiger partial charge in [0.1, 0.15) is 5.03 Å². The topological polar surface area (TPSA) is 46.0 Å². The first-order chi connectivity index (χ1) is 5.72. The minimum Gasteiger partial charge on any atom is -0.395 e. The molecule has 1 aromatic heterocycles. The molecule has 1 rings (SSSR count). The van der Waals surface area contributed by atoms with Gasteiger partial charge in [-0.15, -0.1) is 10.2 Å². The Morgan fingerprint density at radius 3 is 2.83 bits per heavy atom. The second kappa shape index (κ2) is 4.64. The third-order valence-electron chi connectivity index (χ3n) is 1.19. The van der Waals surface area contributed by atoms with Gasteiger partial charge in [-0.3, -0.25) is 0 Å². The van der Waals surface area contributed by atoms with Gasteiger partial charge in [-0.2, -0.15) is 0 Å². The third kappa shape index (κ3) is 2.97. The summed E-state index contributed by atoms with van der Waals surface area (Å²) in [6.07, 6.45) is 0. The number of thioether (sulfide) groups is 1. The highest BCUT2D eigenvalue weighted by atomic mass is 35.5. The highest BCUT2D eigenvalue weighted by Crippen LogP contribution is 2.20. The largest absolute Gasteiger partial charge is 0.395 e. The molecule has 3 nitrogen and oxygen atoms in total. The smallest absolute Gasteiger partial charge is 0.151 e. The molecular formula is C7H9ClN2OS. The molecule has 0 saturated carbocycles. The highest BCUT2D eigenvalue weighted by molar-refractivity contribution is 7.99. The number of nitrogens with zero attached hydrogens (tertiary/aromatic N) is 2. The van der Waals surface area contributed by atoms with Crippen LogP contribution in [0.15, 0.2) is 17.2 Å². The molecule has 0 saturated heterocycles. The predicted molar refractivity (Wildman–Crippen MR) is 49.4 cm³/mol. The van der Waals surface area contributed by atoms with Crippen LogP contribution in [0.5, 0.6) is 0 Å². The molecule has 1 heterocycles. The van der Waals surface area contributed by atoms with Gasteiger partial charge in [0.05, 0.1) is 6.61 Å².